The highest BCUT2D eigenvalue weighted by atomic mass is 16.4. The van der Waals surface area contributed by atoms with Crippen molar-refractivity contribution in [3.63, 3.8) is 0 Å². The number of rotatable bonds is 5. The maximum atomic E-state index is 12.5. The van der Waals surface area contributed by atoms with Crippen molar-refractivity contribution in [2.45, 2.75) is 25.7 Å². The van der Waals surface area contributed by atoms with Gasteiger partial charge in [-0.05, 0) is 48.8 Å². The fraction of sp³-hybridized carbons (Fsp3) is 0.471. The van der Waals surface area contributed by atoms with Gasteiger partial charge >= 0.3 is 11.9 Å². The molecule has 0 saturated heterocycles. The van der Waals surface area contributed by atoms with Crippen LogP contribution in [-0.2, 0) is 20.8 Å². The first-order valence-electron chi connectivity index (χ1n) is 7.80. The lowest BCUT2D eigenvalue weighted by Crippen LogP contribution is -2.37. The van der Waals surface area contributed by atoms with Crippen molar-refractivity contribution in [3.8, 4) is 0 Å². The molecular weight excluding hydrogens is 298 g/mol. The summed E-state index contributed by atoms with van der Waals surface area (Å²) < 4.78 is 0. The molecule has 6 heteroatoms. The van der Waals surface area contributed by atoms with E-state index in [-0.39, 0.29) is 24.2 Å². The summed E-state index contributed by atoms with van der Waals surface area (Å²) >= 11 is 0. The Balaban J connectivity index is 1.69. The van der Waals surface area contributed by atoms with Gasteiger partial charge in [0.15, 0.2) is 0 Å². The molecule has 1 aromatic rings. The fourth-order valence-electron chi connectivity index (χ4n) is 4.13. The summed E-state index contributed by atoms with van der Waals surface area (Å²) in [6.45, 7) is 0. The minimum Gasteiger partial charge on any atom is -0.481 e. The molecule has 4 atom stereocenters. The second kappa shape index (κ2) is 6.02. The molecule has 3 rings (SSSR count). The van der Waals surface area contributed by atoms with Gasteiger partial charge in [-0.1, -0.05) is 12.1 Å². The highest BCUT2D eigenvalue weighted by molar-refractivity contribution is 5.96. The predicted molar refractivity (Wildman–Crippen MR) is 81.9 cm³/mol. The van der Waals surface area contributed by atoms with Crippen LogP contribution < -0.4 is 5.32 Å². The van der Waals surface area contributed by atoms with Crippen LogP contribution in [0.2, 0.25) is 0 Å². The standard InChI is InChI=1S/C17H19NO5/c19-13(20)7-9-1-5-12(6-2-9)18-16(21)14-10-3-4-11(8-10)15(14)17(22)23/h1-2,5-6,10-11,14-15H,3-4,7-8H2,(H,18,21)(H,19,20)(H,22,23)/t10-,11-,14+,15-/m0/s1. The van der Waals surface area contributed by atoms with Gasteiger partial charge in [-0.3, -0.25) is 14.4 Å². The number of carbonyl (C=O) groups is 3. The van der Waals surface area contributed by atoms with Crippen molar-refractivity contribution in [2.24, 2.45) is 23.7 Å². The van der Waals surface area contributed by atoms with Crippen LogP contribution in [0.4, 0.5) is 5.69 Å². The van der Waals surface area contributed by atoms with E-state index in [0.717, 1.165) is 19.3 Å². The van der Waals surface area contributed by atoms with Crippen LogP contribution in [-0.4, -0.2) is 28.1 Å². The van der Waals surface area contributed by atoms with Crippen molar-refractivity contribution in [1.82, 2.24) is 0 Å². The molecule has 23 heavy (non-hydrogen) atoms. The van der Waals surface area contributed by atoms with E-state index in [9.17, 15) is 19.5 Å². The molecule has 2 bridgehead atoms. The number of hydrogen-bond acceptors (Lipinski definition) is 3. The van der Waals surface area contributed by atoms with Crippen molar-refractivity contribution in [1.29, 1.82) is 0 Å². The van der Waals surface area contributed by atoms with E-state index in [1.54, 1.807) is 24.3 Å². The number of benzene rings is 1. The van der Waals surface area contributed by atoms with Crippen molar-refractivity contribution in [2.75, 3.05) is 5.32 Å². The normalized spacial score (nSPS) is 28.5. The fourth-order valence-corrected chi connectivity index (χ4v) is 4.13. The maximum Gasteiger partial charge on any atom is 0.307 e. The monoisotopic (exact) mass is 317 g/mol. The summed E-state index contributed by atoms with van der Waals surface area (Å²) in [6, 6.07) is 6.61. The third kappa shape index (κ3) is 3.06. The predicted octanol–water partition coefficient (Wildman–Crippen LogP) is 2.00. The highest BCUT2D eigenvalue weighted by Gasteiger charge is 2.53. The average Bonchev–Trinajstić information content (AvgIpc) is 3.09. The Morgan fingerprint density at radius 2 is 1.61 bits per heavy atom. The lowest BCUT2D eigenvalue weighted by Gasteiger charge is -2.27. The number of amides is 1. The number of carboxylic acid groups (broad SMARTS) is 2. The molecule has 2 aliphatic rings. The van der Waals surface area contributed by atoms with Crippen LogP contribution in [0, 0.1) is 23.7 Å². The number of carbonyl (C=O) groups excluding carboxylic acids is 1. The van der Waals surface area contributed by atoms with Crippen LogP contribution in [0.1, 0.15) is 24.8 Å². The Labute approximate surface area is 133 Å². The molecule has 122 valence electrons. The van der Waals surface area contributed by atoms with Gasteiger partial charge in [0, 0.05) is 5.69 Å². The quantitative estimate of drug-likeness (QED) is 0.770. The van der Waals surface area contributed by atoms with Gasteiger partial charge in [0.25, 0.3) is 0 Å². The molecular formula is C17H19NO5. The minimum absolute atomic E-state index is 0.0678. The molecule has 0 heterocycles. The van der Waals surface area contributed by atoms with Crippen LogP contribution in [0.25, 0.3) is 0 Å². The Morgan fingerprint density at radius 3 is 2.17 bits per heavy atom. The van der Waals surface area contributed by atoms with Gasteiger partial charge in [-0.25, -0.2) is 0 Å². The summed E-state index contributed by atoms with van der Waals surface area (Å²) in [4.78, 5) is 34.6. The van der Waals surface area contributed by atoms with Crippen molar-refractivity contribution in [3.05, 3.63) is 29.8 Å². The number of hydrogen-bond donors (Lipinski definition) is 3. The summed E-state index contributed by atoms with van der Waals surface area (Å²) in [5.41, 5.74) is 1.22. The molecule has 0 aliphatic heterocycles. The van der Waals surface area contributed by atoms with Crippen LogP contribution >= 0.6 is 0 Å². The Bertz CT molecular complexity index is 639. The van der Waals surface area contributed by atoms with Gasteiger partial charge in [-0.2, -0.15) is 0 Å². The minimum atomic E-state index is -0.909. The zero-order valence-corrected chi connectivity index (χ0v) is 12.6. The topological polar surface area (TPSA) is 104 Å². The van der Waals surface area contributed by atoms with E-state index in [1.165, 1.54) is 0 Å². The summed E-state index contributed by atoms with van der Waals surface area (Å²) in [5, 5.41) is 20.9. The van der Waals surface area contributed by atoms with Crippen molar-refractivity contribution >= 4 is 23.5 Å². The molecule has 1 aromatic carbocycles. The Morgan fingerprint density at radius 1 is 1.00 bits per heavy atom. The van der Waals surface area contributed by atoms with Crippen LogP contribution in [0.3, 0.4) is 0 Å². The Hall–Kier alpha value is -2.37. The molecule has 2 saturated carbocycles. The van der Waals surface area contributed by atoms with E-state index in [0.29, 0.717) is 11.3 Å². The second-order valence-electron chi connectivity index (χ2n) is 6.48. The first-order chi connectivity index (χ1) is 11.0. The molecule has 0 radical (unpaired) electrons. The zero-order chi connectivity index (χ0) is 16.6. The lowest BCUT2D eigenvalue weighted by atomic mass is 9.78. The number of aliphatic carboxylic acids is 2. The van der Waals surface area contributed by atoms with E-state index in [2.05, 4.69) is 5.32 Å². The van der Waals surface area contributed by atoms with Gasteiger partial charge in [0.2, 0.25) is 5.91 Å². The first-order valence-corrected chi connectivity index (χ1v) is 7.80. The van der Waals surface area contributed by atoms with E-state index in [1.807, 2.05) is 0 Å². The number of carboxylic acids is 2. The van der Waals surface area contributed by atoms with Gasteiger partial charge < -0.3 is 15.5 Å². The largest absolute Gasteiger partial charge is 0.481 e. The summed E-state index contributed by atoms with van der Waals surface area (Å²) in [5.74, 6) is -2.80. The summed E-state index contributed by atoms with van der Waals surface area (Å²) in [7, 11) is 0. The lowest BCUT2D eigenvalue weighted by molar-refractivity contribution is -0.148. The molecule has 2 fully saturated rings. The zero-order valence-electron chi connectivity index (χ0n) is 12.6. The van der Waals surface area contributed by atoms with Gasteiger partial charge in [-0.15, -0.1) is 0 Å². The van der Waals surface area contributed by atoms with E-state index < -0.39 is 23.8 Å². The molecule has 3 N–H and O–H groups in total. The summed E-state index contributed by atoms with van der Waals surface area (Å²) in [6.07, 6.45) is 2.58. The van der Waals surface area contributed by atoms with Gasteiger partial charge in [0.1, 0.15) is 0 Å². The van der Waals surface area contributed by atoms with Gasteiger partial charge in [0.05, 0.1) is 18.3 Å². The maximum absolute atomic E-state index is 12.5. The van der Waals surface area contributed by atoms with Crippen LogP contribution in [0.5, 0.6) is 0 Å². The molecule has 6 nitrogen and oxygen atoms in total. The second-order valence-corrected chi connectivity index (χ2v) is 6.48. The number of nitrogens with one attached hydrogen (secondary N) is 1. The Kier molecular flexibility index (Phi) is 4.07. The number of anilines is 1. The average molecular weight is 317 g/mol. The SMILES string of the molecule is O=C(O)Cc1ccc(NC(=O)[C@@H]2[C@H]3CC[C@@H](C3)[C@@H]2C(=O)O)cc1. The first kappa shape index (κ1) is 15.5. The number of fused-ring (bicyclic) bond motifs is 2. The smallest absolute Gasteiger partial charge is 0.307 e. The highest BCUT2D eigenvalue weighted by Crippen LogP contribution is 2.52. The third-order valence-electron chi connectivity index (χ3n) is 5.08. The van der Waals surface area contributed by atoms with E-state index in [4.69, 9.17) is 5.11 Å². The van der Waals surface area contributed by atoms with E-state index >= 15 is 0 Å². The molecule has 2 aliphatic carbocycles. The molecule has 1 amide bonds. The van der Waals surface area contributed by atoms with Crippen LogP contribution in [0.15, 0.2) is 24.3 Å². The van der Waals surface area contributed by atoms with Crippen molar-refractivity contribution < 1.29 is 24.6 Å². The third-order valence-corrected chi connectivity index (χ3v) is 5.08. The molecule has 0 unspecified atom stereocenters. The molecule has 0 spiro atoms. The molecule has 0 aromatic heterocycles.